The minimum Gasteiger partial charge on any atom is -0.512 e. The monoisotopic (exact) mass is 237 g/mol. The minimum absolute atomic E-state index is 0.185. The molecule has 0 aliphatic heterocycles. The summed E-state index contributed by atoms with van der Waals surface area (Å²) in [6, 6.07) is 0.484. The molecule has 1 aliphatic rings. The van der Waals surface area contributed by atoms with Crippen molar-refractivity contribution in [3.8, 4) is 0 Å². The quantitative estimate of drug-likeness (QED) is 0.566. The van der Waals surface area contributed by atoms with Gasteiger partial charge < -0.3 is 5.11 Å². The molecule has 1 N–H and O–H groups in total. The SMILES string of the molecule is CC(C)/C(O)=C/C(=N/C1CCCCC1)C(C)C. The van der Waals surface area contributed by atoms with E-state index in [1.807, 2.05) is 19.9 Å². The van der Waals surface area contributed by atoms with Gasteiger partial charge in [-0.25, -0.2) is 0 Å². The second kappa shape index (κ2) is 6.83. The van der Waals surface area contributed by atoms with E-state index in [1.54, 1.807) is 0 Å². The maximum atomic E-state index is 9.86. The molecule has 0 spiro atoms. The van der Waals surface area contributed by atoms with Crippen molar-refractivity contribution in [2.75, 3.05) is 0 Å². The van der Waals surface area contributed by atoms with Crippen LogP contribution in [0.15, 0.2) is 16.8 Å². The highest BCUT2D eigenvalue weighted by molar-refractivity contribution is 5.96. The number of aliphatic hydroxyl groups excluding tert-OH is 1. The number of allylic oxidation sites excluding steroid dienone is 2. The van der Waals surface area contributed by atoms with Crippen molar-refractivity contribution in [3.05, 3.63) is 11.8 Å². The Balaban J connectivity index is 2.77. The second-order valence-corrected chi connectivity index (χ2v) is 5.72. The Labute approximate surface area is 106 Å². The van der Waals surface area contributed by atoms with E-state index in [0.717, 1.165) is 5.71 Å². The molecule has 0 unspecified atom stereocenters. The first-order chi connectivity index (χ1) is 8.00. The highest BCUT2D eigenvalue weighted by atomic mass is 16.3. The van der Waals surface area contributed by atoms with Crippen LogP contribution in [-0.4, -0.2) is 16.9 Å². The topological polar surface area (TPSA) is 32.6 Å². The number of hydrogen-bond acceptors (Lipinski definition) is 2. The van der Waals surface area contributed by atoms with Crippen molar-refractivity contribution < 1.29 is 5.11 Å². The van der Waals surface area contributed by atoms with Gasteiger partial charge >= 0.3 is 0 Å². The Hall–Kier alpha value is -0.790. The fourth-order valence-electron chi connectivity index (χ4n) is 2.09. The van der Waals surface area contributed by atoms with Crippen LogP contribution >= 0.6 is 0 Å². The van der Waals surface area contributed by atoms with Gasteiger partial charge in [-0.3, -0.25) is 4.99 Å². The molecule has 1 saturated carbocycles. The van der Waals surface area contributed by atoms with Gasteiger partial charge in [0.15, 0.2) is 0 Å². The average molecular weight is 237 g/mol. The molecular weight excluding hydrogens is 210 g/mol. The third kappa shape index (κ3) is 4.93. The van der Waals surface area contributed by atoms with Gasteiger partial charge in [-0.15, -0.1) is 0 Å². The van der Waals surface area contributed by atoms with E-state index in [0.29, 0.717) is 17.7 Å². The molecule has 2 heteroatoms. The molecule has 0 atom stereocenters. The van der Waals surface area contributed by atoms with E-state index in [4.69, 9.17) is 4.99 Å². The molecule has 0 aromatic rings. The first kappa shape index (κ1) is 14.3. The summed E-state index contributed by atoms with van der Waals surface area (Å²) in [6.45, 7) is 8.30. The summed E-state index contributed by atoms with van der Waals surface area (Å²) >= 11 is 0. The fraction of sp³-hybridized carbons (Fsp3) is 0.800. The van der Waals surface area contributed by atoms with E-state index in [2.05, 4.69) is 13.8 Å². The largest absolute Gasteiger partial charge is 0.512 e. The van der Waals surface area contributed by atoms with Crippen LogP contribution in [0.4, 0.5) is 0 Å². The highest BCUT2D eigenvalue weighted by Gasteiger charge is 2.14. The molecule has 17 heavy (non-hydrogen) atoms. The van der Waals surface area contributed by atoms with Gasteiger partial charge in [0.1, 0.15) is 0 Å². The van der Waals surface area contributed by atoms with E-state index in [9.17, 15) is 5.11 Å². The molecule has 1 aliphatic carbocycles. The smallest absolute Gasteiger partial charge is 0.0965 e. The summed E-state index contributed by atoms with van der Waals surface area (Å²) in [7, 11) is 0. The molecule has 1 fully saturated rings. The molecule has 0 heterocycles. The van der Waals surface area contributed by atoms with Crippen LogP contribution in [-0.2, 0) is 0 Å². The molecule has 98 valence electrons. The molecule has 0 bridgehead atoms. The van der Waals surface area contributed by atoms with Crippen molar-refractivity contribution in [3.63, 3.8) is 0 Å². The van der Waals surface area contributed by atoms with E-state index in [1.165, 1.54) is 32.1 Å². The van der Waals surface area contributed by atoms with Crippen LogP contribution in [0.25, 0.3) is 0 Å². The predicted octanol–water partition coefficient (Wildman–Crippen LogP) is 4.51. The van der Waals surface area contributed by atoms with Crippen LogP contribution in [0.2, 0.25) is 0 Å². The maximum Gasteiger partial charge on any atom is 0.0965 e. The lowest BCUT2D eigenvalue weighted by molar-refractivity contribution is 0.352. The van der Waals surface area contributed by atoms with Gasteiger partial charge in [0.2, 0.25) is 0 Å². The van der Waals surface area contributed by atoms with Crippen LogP contribution in [0.1, 0.15) is 59.8 Å². The summed E-state index contributed by atoms with van der Waals surface area (Å²) < 4.78 is 0. The van der Waals surface area contributed by atoms with Crippen LogP contribution in [0.5, 0.6) is 0 Å². The Kier molecular flexibility index (Phi) is 5.73. The molecule has 2 nitrogen and oxygen atoms in total. The molecule has 0 amide bonds. The molecule has 0 aromatic heterocycles. The lowest BCUT2D eigenvalue weighted by atomic mass is 9.95. The standard InChI is InChI=1S/C15H27NO/c1-11(2)14(10-15(17)12(3)4)16-13-8-6-5-7-9-13/h10-13,17H,5-9H2,1-4H3/b15-10-,16-14-. The highest BCUT2D eigenvalue weighted by Crippen LogP contribution is 2.21. The molecular formula is C15H27NO. The third-order valence-corrected chi connectivity index (χ3v) is 3.39. The Morgan fingerprint density at radius 3 is 2.12 bits per heavy atom. The van der Waals surface area contributed by atoms with E-state index >= 15 is 0 Å². The number of aliphatic imine (C=N–C) groups is 1. The third-order valence-electron chi connectivity index (χ3n) is 3.39. The number of nitrogens with zero attached hydrogens (tertiary/aromatic N) is 1. The van der Waals surface area contributed by atoms with Crippen molar-refractivity contribution >= 4 is 5.71 Å². The van der Waals surface area contributed by atoms with E-state index in [-0.39, 0.29) is 5.92 Å². The Bertz CT molecular complexity index is 283. The minimum atomic E-state index is 0.185. The number of rotatable bonds is 4. The normalized spacial score (nSPS) is 20.4. The van der Waals surface area contributed by atoms with Crippen molar-refractivity contribution in [2.24, 2.45) is 16.8 Å². The first-order valence-corrected chi connectivity index (χ1v) is 6.99. The first-order valence-electron chi connectivity index (χ1n) is 6.99. The number of aliphatic hydroxyl groups is 1. The van der Waals surface area contributed by atoms with Crippen LogP contribution in [0.3, 0.4) is 0 Å². The molecule has 0 saturated heterocycles. The molecule has 0 aromatic carbocycles. The zero-order valence-electron chi connectivity index (χ0n) is 11.7. The van der Waals surface area contributed by atoms with Crippen molar-refractivity contribution in [2.45, 2.75) is 65.8 Å². The van der Waals surface area contributed by atoms with Gasteiger partial charge in [-0.1, -0.05) is 47.0 Å². The van der Waals surface area contributed by atoms with Gasteiger partial charge in [-0.05, 0) is 24.8 Å². The van der Waals surface area contributed by atoms with Crippen LogP contribution in [0, 0.1) is 11.8 Å². The summed E-state index contributed by atoms with van der Waals surface area (Å²) in [5.74, 6) is 1.02. The maximum absolute atomic E-state index is 9.86. The summed E-state index contributed by atoms with van der Waals surface area (Å²) in [5, 5.41) is 9.86. The van der Waals surface area contributed by atoms with Gasteiger partial charge in [-0.2, -0.15) is 0 Å². The lowest BCUT2D eigenvalue weighted by Gasteiger charge is -2.20. The summed E-state index contributed by atoms with van der Waals surface area (Å²) in [5.41, 5.74) is 1.06. The second-order valence-electron chi connectivity index (χ2n) is 5.72. The summed E-state index contributed by atoms with van der Waals surface area (Å²) in [6.07, 6.45) is 8.28. The molecule has 1 rings (SSSR count). The van der Waals surface area contributed by atoms with Crippen molar-refractivity contribution in [1.82, 2.24) is 0 Å². The average Bonchev–Trinajstić information content (AvgIpc) is 2.29. The fourth-order valence-corrected chi connectivity index (χ4v) is 2.09. The Morgan fingerprint density at radius 1 is 1.06 bits per heavy atom. The van der Waals surface area contributed by atoms with Crippen molar-refractivity contribution in [1.29, 1.82) is 0 Å². The Morgan fingerprint density at radius 2 is 1.65 bits per heavy atom. The zero-order valence-corrected chi connectivity index (χ0v) is 11.7. The number of hydrogen-bond donors (Lipinski definition) is 1. The zero-order chi connectivity index (χ0) is 12.8. The van der Waals surface area contributed by atoms with Gasteiger partial charge in [0.25, 0.3) is 0 Å². The predicted molar refractivity (Wildman–Crippen MR) is 74.7 cm³/mol. The van der Waals surface area contributed by atoms with Gasteiger partial charge in [0, 0.05) is 11.6 Å². The summed E-state index contributed by atoms with van der Waals surface area (Å²) in [4.78, 5) is 4.84. The van der Waals surface area contributed by atoms with Crippen LogP contribution < -0.4 is 0 Å². The van der Waals surface area contributed by atoms with Gasteiger partial charge in [0.05, 0.1) is 11.8 Å². The lowest BCUT2D eigenvalue weighted by Crippen LogP contribution is -2.15. The molecule has 0 radical (unpaired) electrons. The van der Waals surface area contributed by atoms with E-state index < -0.39 is 0 Å².